The average molecular weight is 435 g/mol. The van der Waals surface area contributed by atoms with E-state index in [1.807, 2.05) is 55.1 Å². The summed E-state index contributed by atoms with van der Waals surface area (Å²) in [6.45, 7) is 6.34. The molecule has 2 amide bonds. The van der Waals surface area contributed by atoms with E-state index < -0.39 is 0 Å². The lowest BCUT2D eigenvalue weighted by atomic mass is 10.2. The van der Waals surface area contributed by atoms with Gasteiger partial charge in [0.1, 0.15) is 5.82 Å². The molecule has 2 aromatic carbocycles. The van der Waals surface area contributed by atoms with E-state index in [9.17, 15) is 14.0 Å². The lowest BCUT2D eigenvalue weighted by molar-refractivity contribution is -0.117. The second kappa shape index (κ2) is 9.36. The van der Waals surface area contributed by atoms with Crippen LogP contribution in [0.3, 0.4) is 0 Å². The molecule has 0 spiro atoms. The van der Waals surface area contributed by atoms with Gasteiger partial charge in [0, 0.05) is 43.3 Å². The van der Waals surface area contributed by atoms with Gasteiger partial charge in [-0.3, -0.25) is 14.5 Å². The van der Waals surface area contributed by atoms with Gasteiger partial charge in [-0.05, 0) is 44.2 Å². The number of benzene rings is 2. The first kappa shape index (κ1) is 21.8. The van der Waals surface area contributed by atoms with Gasteiger partial charge in [0.2, 0.25) is 5.91 Å². The maximum atomic E-state index is 14.3. The summed E-state index contributed by atoms with van der Waals surface area (Å²) in [5.41, 5.74) is 3.34. The average Bonchev–Trinajstić information content (AvgIpc) is 3.08. The number of anilines is 1. The number of carbonyl (C=O) groups is 2. The van der Waals surface area contributed by atoms with E-state index in [4.69, 9.17) is 0 Å². The number of piperazine rings is 1. The zero-order valence-corrected chi connectivity index (χ0v) is 18.3. The van der Waals surface area contributed by atoms with Crippen LogP contribution >= 0.6 is 0 Å². The summed E-state index contributed by atoms with van der Waals surface area (Å²) in [4.78, 5) is 29.3. The van der Waals surface area contributed by atoms with Crippen LogP contribution in [0.4, 0.5) is 10.1 Å². The normalized spacial score (nSPS) is 14.4. The van der Waals surface area contributed by atoms with Gasteiger partial charge in [-0.25, -0.2) is 4.39 Å². The summed E-state index contributed by atoms with van der Waals surface area (Å²) >= 11 is 0. The molecule has 2 heterocycles. The summed E-state index contributed by atoms with van der Waals surface area (Å²) < 4.78 is 16.1. The third kappa shape index (κ3) is 4.57. The Labute approximate surface area is 187 Å². The van der Waals surface area contributed by atoms with E-state index >= 15 is 0 Å². The molecule has 0 bridgehead atoms. The van der Waals surface area contributed by atoms with Crippen LogP contribution in [0.2, 0.25) is 0 Å². The molecule has 1 aliphatic heterocycles. The zero-order chi connectivity index (χ0) is 22.7. The van der Waals surface area contributed by atoms with Gasteiger partial charge in [0.15, 0.2) is 0 Å². The summed E-state index contributed by atoms with van der Waals surface area (Å²) in [6, 6.07) is 17.8. The number of nitrogens with zero attached hydrogens (tertiary/aromatic N) is 3. The molecule has 4 rings (SSSR count). The van der Waals surface area contributed by atoms with Gasteiger partial charge in [0.05, 0.1) is 17.8 Å². The molecule has 1 fully saturated rings. The van der Waals surface area contributed by atoms with Crippen molar-refractivity contribution in [2.75, 3.05) is 38.0 Å². The van der Waals surface area contributed by atoms with Crippen molar-refractivity contribution in [2.24, 2.45) is 0 Å². The second-order valence-corrected chi connectivity index (χ2v) is 8.05. The van der Waals surface area contributed by atoms with E-state index in [-0.39, 0.29) is 17.6 Å². The number of halogens is 1. The van der Waals surface area contributed by atoms with Crippen molar-refractivity contribution >= 4 is 17.5 Å². The highest BCUT2D eigenvalue weighted by molar-refractivity contribution is 5.96. The van der Waals surface area contributed by atoms with Crippen LogP contribution < -0.4 is 5.32 Å². The predicted octanol–water partition coefficient (Wildman–Crippen LogP) is 3.63. The van der Waals surface area contributed by atoms with Crippen LogP contribution in [0.5, 0.6) is 0 Å². The smallest absolute Gasteiger partial charge is 0.255 e. The summed E-state index contributed by atoms with van der Waals surface area (Å²) in [7, 11) is 0. The lowest BCUT2D eigenvalue weighted by Crippen LogP contribution is -2.50. The van der Waals surface area contributed by atoms with Crippen LogP contribution in [0.1, 0.15) is 21.7 Å². The maximum absolute atomic E-state index is 14.3. The zero-order valence-electron chi connectivity index (χ0n) is 18.3. The van der Waals surface area contributed by atoms with E-state index in [0.717, 1.165) is 17.1 Å². The molecule has 6 nitrogen and oxygen atoms in total. The van der Waals surface area contributed by atoms with Crippen molar-refractivity contribution < 1.29 is 14.0 Å². The van der Waals surface area contributed by atoms with Gasteiger partial charge >= 0.3 is 0 Å². The molecule has 0 saturated carbocycles. The Bertz CT molecular complexity index is 1120. The number of aryl methyl sites for hydroxylation is 1. The Morgan fingerprint density at radius 1 is 0.938 bits per heavy atom. The van der Waals surface area contributed by atoms with Gasteiger partial charge in [-0.1, -0.05) is 30.3 Å². The number of aromatic nitrogens is 1. The van der Waals surface area contributed by atoms with Crippen LogP contribution in [0.15, 0.2) is 60.7 Å². The van der Waals surface area contributed by atoms with Gasteiger partial charge < -0.3 is 14.8 Å². The van der Waals surface area contributed by atoms with Crippen molar-refractivity contribution in [1.29, 1.82) is 0 Å². The van der Waals surface area contributed by atoms with E-state index in [2.05, 4.69) is 5.32 Å². The fraction of sp³-hybridized carbons (Fsp3) is 0.280. The first-order valence-electron chi connectivity index (χ1n) is 10.7. The fourth-order valence-corrected chi connectivity index (χ4v) is 4.19. The molecule has 1 aromatic heterocycles. The highest BCUT2D eigenvalue weighted by Gasteiger charge is 2.26. The number of rotatable bonds is 5. The van der Waals surface area contributed by atoms with Crippen molar-refractivity contribution in [3.8, 4) is 5.69 Å². The number of nitrogens with one attached hydrogen (secondary N) is 1. The Morgan fingerprint density at radius 3 is 2.28 bits per heavy atom. The third-order valence-electron chi connectivity index (χ3n) is 5.84. The minimum Gasteiger partial charge on any atom is -0.336 e. The van der Waals surface area contributed by atoms with Crippen molar-refractivity contribution in [1.82, 2.24) is 14.4 Å². The number of carbonyl (C=O) groups excluding carboxylic acids is 2. The highest BCUT2D eigenvalue weighted by Crippen LogP contribution is 2.24. The van der Waals surface area contributed by atoms with Gasteiger partial charge in [-0.2, -0.15) is 0 Å². The number of hydrogen-bond donors (Lipinski definition) is 1. The van der Waals surface area contributed by atoms with E-state index in [1.54, 1.807) is 27.7 Å². The number of hydrogen-bond acceptors (Lipinski definition) is 3. The topological polar surface area (TPSA) is 57.6 Å². The quantitative estimate of drug-likeness (QED) is 0.667. The first-order chi connectivity index (χ1) is 15.4. The van der Waals surface area contributed by atoms with E-state index in [1.165, 1.54) is 6.07 Å². The maximum Gasteiger partial charge on any atom is 0.255 e. The number of amides is 2. The molecular weight excluding hydrogens is 407 g/mol. The Morgan fingerprint density at radius 2 is 1.59 bits per heavy atom. The van der Waals surface area contributed by atoms with Crippen LogP contribution in [-0.2, 0) is 4.79 Å². The molecule has 0 atom stereocenters. The lowest BCUT2D eigenvalue weighted by Gasteiger charge is -2.34. The predicted molar refractivity (Wildman–Crippen MR) is 123 cm³/mol. The molecule has 32 heavy (non-hydrogen) atoms. The van der Waals surface area contributed by atoms with Crippen LogP contribution in [-0.4, -0.2) is 58.9 Å². The fourth-order valence-electron chi connectivity index (χ4n) is 4.19. The summed E-state index contributed by atoms with van der Waals surface area (Å²) in [5, 5.41) is 2.89. The van der Waals surface area contributed by atoms with E-state index in [0.29, 0.717) is 44.0 Å². The molecule has 0 radical (unpaired) electrons. The largest absolute Gasteiger partial charge is 0.336 e. The Kier molecular flexibility index (Phi) is 6.37. The standard InChI is InChI=1S/C25H27FN4O2/c1-18-16-21(19(2)30(18)23-11-7-6-10-22(23)26)25(32)29-14-12-28(13-15-29)17-24(31)27-20-8-4-3-5-9-20/h3-11,16H,12-15,17H2,1-2H3,(H,27,31). The van der Waals surface area contributed by atoms with Crippen LogP contribution in [0.25, 0.3) is 5.69 Å². The van der Waals surface area contributed by atoms with Crippen molar-refractivity contribution in [3.63, 3.8) is 0 Å². The monoisotopic (exact) mass is 434 g/mol. The minimum atomic E-state index is -0.323. The molecular formula is C25H27FN4O2. The van der Waals surface area contributed by atoms with Gasteiger partial charge in [0.25, 0.3) is 5.91 Å². The van der Waals surface area contributed by atoms with Crippen molar-refractivity contribution in [3.05, 3.63) is 83.4 Å². The molecule has 0 aliphatic carbocycles. The SMILES string of the molecule is Cc1cc(C(=O)N2CCN(CC(=O)Nc3ccccc3)CC2)c(C)n1-c1ccccc1F. The molecule has 1 N–H and O–H groups in total. The highest BCUT2D eigenvalue weighted by atomic mass is 19.1. The molecule has 0 unspecified atom stereocenters. The molecule has 7 heteroatoms. The van der Waals surface area contributed by atoms with Crippen molar-refractivity contribution in [2.45, 2.75) is 13.8 Å². The molecule has 1 saturated heterocycles. The third-order valence-corrected chi connectivity index (χ3v) is 5.84. The first-order valence-corrected chi connectivity index (χ1v) is 10.7. The van der Waals surface area contributed by atoms with Crippen LogP contribution in [0, 0.1) is 19.7 Å². The molecule has 1 aliphatic rings. The molecule has 166 valence electrons. The molecule has 3 aromatic rings. The summed E-state index contributed by atoms with van der Waals surface area (Å²) in [6.07, 6.45) is 0. The van der Waals surface area contributed by atoms with Gasteiger partial charge in [-0.15, -0.1) is 0 Å². The second-order valence-electron chi connectivity index (χ2n) is 8.05. The Hall–Kier alpha value is -3.45. The summed E-state index contributed by atoms with van der Waals surface area (Å²) in [5.74, 6) is -0.450. The number of para-hydroxylation sites is 2. The minimum absolute atomic E-state index is 0.0610. The Balaban J connectivity index is 1.38.